The third-order valence-electron chi connectivity index (χ3n) is 4.06. The maximum Gasteiger partial charge on any atom is 0.255 e. The molecule has 0 atom stereocenters. The predicted molar refractivity (Wildman–Crippen MR) is 106 cm³/mol. The van der Waals surface area contributed by atoms with Crippen molar-refractivity contribution in [2.75, 3.05) is 6.61 Å². The largest absolute Gasteiger partial charge is 0.494 e. The highest BCUT2D eigenvalue weighted by Gasteiger charge is 2.12. The van der Waals surface area contributed by atoms with Crippen LogP contribution in [-0.4, -0.2) is 12.5 Å². The second-order valence-electron chi connectivity index (χ2n) is 6.03. The number of nitrogens with one attached hydrogen (secondary N) is 1. The lowest BCUT2D eigenvalue weighted by molar-refractivity contribution is 0.0946. The van der Waals surface area contributed by atoms with Gasteiger partial charge in [-0.3, -0.25) is 4.79 Å². The minimum atomic E-state index is -0.160. The summed E-state index contributed by atoms with van der Waals surface area (Å²) in [4.78, 5) is 12.6. The highest BCUT2D eigenvalue weighted by atomic mass is 16.5. The number of ether oxygens (including phenoxy) is 2. The van der Waals surface area contributed by atoms with Crippen LogP contribution in [0.3, 0.4) is 0 Å². The Bertz CT molecular complexity index is 860. The average Bonchev–Trinajstić information content (AvgIpc) is 2.73. The monoisotopic (exact) mass is 361 g/mol. The van der Waals surface area contributed by atoms with Crippen molar-refractivity contribution < 1.29 is 14.3 Å². The van der Waals surface area contributed by atoms with E-state index in [9.17, 15) is 4.79 Å². The van der Waals surface area contributed by atoms with Crippen LogP contribution in [0.25, 0.3) is 0 Å². The second kappa shape index (κ2) is 9.43. The Balaban J connectivity index is 1.61. The zero-order chi connectivity index (χ0) is 18.9. The van der Waals surface area contributed by atoms with Crippen molar-refractivity contribution in [1.82, 2.24) is 5.32 Å². The molecule has 0 spiro atoms. The number of carbonyl (C=O) groups is 1. The first-order chi connectivity index (χ1) is 13.3. The van der Waals surface area contributed by atoms with Gasteiger partial charge in [-0.2, -0.15) is 0 Å². The lowest BCUT2D eigenvalue weighted by Crippen LogP contribution is -2.23. The SMILES string of the molecule is CCOc1ccc(CNC(=O)c2ccccc2OCc2ccccc2)cc1. The third-order valence-corrected chi connectivity index (χ3v) is 4.06. The van der Waals surface area contributed by atoms with Gasteiger partial charge in [0.1, 0.15) is 18.1 Å². The number of amides is 1. The predicted octanol–water partition coefficient (Wildman–Crippen LogP) is 4.59. The summed E-state index contributed by atoms with van der Waals surface area (Å²) in [6.45, 7) is 3.45. The van der Waals surface area contributed by atoms with Gasteiger partial charge in [0.15, 0.2) is 0 Å². The van der Waals surface area contributed by atoms with Crippen molar-refractivity contribution in [2.45, 2.75) is 20.1 Å². The minimum absolute atomic E-state index is 0.160. The van der Waals surface area contributed by atoms with Crippen molar-refractivity contribution in [3.63, 3.8) is 0 Å². The molecule has 0 aromatic heterocycles. The highest BCUT2D eigenvalue weighted by molar-refractivity contribution is 5.96. The maximum absolute atomic E-state index is 12.6. The molecule has 4 nitrogen and oxygen atoms in total. The van der Waals surface area contributed by atoms with Gasteiger partial charge in [0.2, 0.25) is 0 Å². The molecular formula is C23H23NO3. The summed E-state index contributed by atoms with van der Waals surface area (Å²) in [6.07, 6.45) is 0. The first-order valence-corrected chi connectivity index (χ1v) is 9.02. The maximum atomic E-state index is 12.6. The molecule has 1 amide bonds. The summed E-state index contributed by atoms with van der Waals surface area (Å²) in [7, 11) is 0. The third kappa shape index (κ3) is 5.35. The van der Waals surface area contributed by atoms with Gasteiger partial charge in [-0.1, -0.05) is 54.6 Å². The van der Waals surface area contributed by atoms with Crippen molar-refractivity contribution in [2.24, 2.45) is 0 Å². The number of hydrogen-bond acceptors (Lipinski definition) is 3. The van der Waals surface area contributed by atoms with E-state index in [0.29, 0.717) is 31.1 Å². The normalized spacial score (nSPS) is 10.3. The molecule has 138 valence electrons. The van der Waals surface area contributed by atoms with Gasteiger partial charge in [0.05, 0.1) is 12.2 Å². The molecule has 0 aliphatic heterocycles. The molecular weight excluding hydrogens is 338 g/mol. The van der Waals surface area contributed by atoms with Crippen LogP contribution in [0.5, 0.6) is 11.5 Å². The number of para-hydroxylation sites is 1. The fraction of sp³-hybridized carbons (Fsp3) is 0.174. The van der Waals surface area contributed by atoms with Crippen LogP contribution in [0.2, 0.25) is 0 Å². The summed E-state index contributed by atoms with van der Waals surface area (Å²) in [5.41, 5.74) is 2.59. The summed E-state index contributed by atoms with van der Waals surface area (Å²) in [6, 6.07) is 24.9. The fourth-order valence-electron chi connectivity index (χ4n) is 2.66. The summed E-state index contributed by atoms with van der Waals surface area (Å²) in [5, 5.41) is 2.95. The molecule has 4 heteroatoms. The molecule has 0 aliphatic carbocycles. The quantitative estimate of drug-likeness (QED) is 0.638. The van der Waals surface area contributed by atoms with E-state index in [1.54, 1.807) is 6.07 Å². The number of carbonyl (C=O) groups excluding carboxylic acids is 1. The molecule has 3 rings (SSSR count). The van der Waals surface area contributed by atoms with Gasteiger partial charge in [0, 0.05) is 6.54 Å². The van der Waals surface area contributed by atoms with Crippen molar-refractivity contribution in [1.29, 1.82) is 0 Å². The molecule has 27 heavy (non-hydrogen) atoms. The molecule has 0 fully saturated rings. The van der Waals surface area contributed by atoms with Crippen LogP contribution in [0, 0.1) is 0 Å². The summed E-state index contributed by atoms with van der Waals surface area (Å²) >= 11 is 0. The van der Waals surface area contributed by atoms with E-state index >= 15 is 0 Å². The Morgan fingerprint density at radius 1 is 0.815 bits per heavy atom. The van der Waals surface area contributed by atoms with Crippen LogP contribution in [0.1, 0.15) is 28.4 Å². The molecule has 0 unspecified atom stereocenters. The van der Waals surface area contributed by atoms with Gasteiger partial charge < -0.3 is 14.8 Å². The summed E-state index contributed by atoms with van der Waals surface area (Å²) < 4.78 is 11.3. The van der Waals surface area contributed by atoms with Crippen molar-refractivity contribution in [3.05, 3.63) is 95.6 Å². The molecule has 0 bridgehead atoms. The first-order valence-electron chi connectivity index (χ1n) is 9.02. The van der Waals surface area contributed by atoms with Gasteiger partial charge in [-0.25, -0.2) is 0 Å². The van der Waals surface area contributed by atoms with Crippen LogP contribution in [0.4, 0.5) is 0 Å². The molecule has 0 aliphatic rings. The van der Waals surface area contributed by atoms with E-state index in [1.807, 2.05) is 79.7 Å². The van der Waals surface area contributed by atoms with Crippen LogP contribution in [-0.2, 0) is 13.2 Å². The van der Waals surface area contributed by atoms with Gasteiger partial charge >= 0.3 is 0 Å². The topological polar surface area (TPSA) is 47.6 Å². The van der Waals surface area contributed by atoms with Crippen molar-refractivity contribution in [3.8, 4) is 11.5 Å². The lowest BCUT2D eigenvalue weighted by Gasteiger charge is -2.12. The smallest absolute Gasteiger partial charge is 0.255 e. The first kappa shape index (κ1) is 18.5. The molecule has 0 saturated carbocycles. The van der Waals surface area contributed by atoms with E-state index < -0.39 is 0 Å². The molecule has 3 aromatic carbocycles. The fourth-order valence-corrected chi connectivity index (χ4v) is 2.66. The Morgan fingerprint density at radius 2 is 1.52 bits per heavy atom. The number of rotatable bonds is 8. The lowest BCUT2D eigenvalue weighted by atomic mass is 10.1. The Morgan fingerprint density at radius 3 is 2.26 bits per heavy atom. The van der Waals surface area contributed by atoms with Crippen LogP contribution < -0.4 is 14.8 Å². The molecule has 0 saturated heterocycles. The van der Waals surface area contributed by atoms with Crippen LogP contribution in [0.15, 0.2) is 78.9 Å². The Labute approximate surface area is 159 Å². The molecule has 1 N–H and O–H groups in total. The van der Waals surface area contributed by atoms with E-state index in [1.165, 1.54) is 0 Å². The zero-order valence-electron chi connectivity index (χ0n) is 15.4. The van der Waals surface area contributed by atoms with E-state index in [2.05, 4.69) is 5.32 Å². The zero-order valence-corrected chi connectivity index (χ0v) is 15.4. The van der Waals surface area contributed by atoms with Crippen molar-refractivity contribution >= 4 is 5.91 Å². The van der Waals surface area contributed by atoms with Gasteiger partial charge in [-0.05, 0) is 42.3 Å². The van der Waals surface area contributed by atoms with Crippen LogP contribution >= 0.6 is 0 Å². The van der Waals surface area contributed by atoms with Gasteiger partial charge in [0.25, 0.3) is 5.91 Å². The number of benzene rings is 3. The molecule has 0 heterocycles. The number of hydrogen-bond donors (Lipinski definition) is 1. The standard InChI is InChI=1S/C23H23NO3/c1-2-26-20-14-12-18(13-15-20)16-24-23(25)21-10-6-7-11-22(21)27-17-19-8-4-3-5-9-19/h3-15H,2,16-17H2,1H3,(H,24,25). The Kier molecular flexibility index (Phi) is 6.47. The second-order valence-corrected chi connectivity index (χ2v) is 6.03. The highest BCUT2D eigenvalue weighted by Crippen LogP contribution is 2.20. The Hall–Kier alpha value is -3.27. The van der Waals surface area contributed by atoms with Gasteiger partial charge in [-0.15, -0.1) is 0 Å². The summed E-state index contributed by atoms with van der Waals surface area (Å²) in [5.74, 6) is 1.24. The molecule has 0 radical (unpaired) electrons. The average molecular weight is 361 g/mol. The van der Waals surface area contributed by atoms with E-state index in [-0.39, 0.29) is 5.91 Å². The van der Waals surface area contributed by atoms with E-state index in [0.717, 1.165) is 16.9 Å². The van der Waals surface area contributed by atoms with E-state index in [4.69, 9.17) is 9.47 Å². The minimum Gasteiger partial charge on any atom is -0.494 e. The molecule has 3 aromatic rings.